The Hall–Kier alpha value is -2.57. The highest BCUT2D eigenvalue weighted by molar-refractivity contribution is 6.31. The predicted molar refractivity (Wildman–Crippen MR) is 112 cm³/mol. The number of rotatable bonds is 5. The van der Waals surface area contributed by atoms with Crippen molar-refractivity contribution in [1.82, 2.24) is 15.1 Å². The first-order valence-corrected chi connectivity index (χ1v) is 10.1. The van der Waals surface area contributed by atoms with E-state index in [1.807, 2.05) is 0 Å². The number of amides is 3. The Bertz CT molecular complexity index is 877. The van der Waals surface area contributed by atoms with E-state index >= 15 is 0 Å². The number of carbonyl (C=O) groups excluding carboxylic acids is 3. The zero-order valence-electron chi connectivity index (χ0n) is 15.7. The molecule has 29 heavy (non-hydrogen) atoms. The smallest absolute Gasteiger partial charge is 0.253 e. The lowest BCUT2D eigenvalue weighted by Crippen LogP contribution is -2.51. The molecule has 0 radical (unpaired) electrons. The second-order valence-electron chi connectivity index (χ2n) is 6.69. The Kier molecular flexibility index (Phi) is 7.12. The average molecular weight is 434 g/mol. The second kappa shape index (κ2) is 9.76. The zero-order chi connectivity index (χ0) is 20.8. The Morgan fingerprint density at radius 1 is 0.759 bits per heavy atom. The summed E-state index contributed by atoms with van der Waals surface area (Å²) in [4.78, 5) is 40.4. The molecule has 0 spiro atoms. The highest BCUT2D eigenvalue weighted by atomic mass is 35.5. The van der Waals surface area contributed by atoms with Crippen LogP contribution < -0.4 is 5.32 Å². The lowest BCUT2D eigenvalue weighted by atomic mass is 10.1. The van der Waals surface area contributed by atoms with Gasteiger partial charge in [0.05, 0.1) is 0 Å². The van der Waals surface area contributed by atoms with Crippen molar-refractivity contribution in [2.45, 2.75) is 6.42 Å². The number of hydrogen-bond acceptors (Lipinski definition) is 3. The van der Waals surface area contributed by atoms with Crippen LogP contribution in [0.3, 0.4) is 0 Å². The Balaban J connectivity index is 1.41. The molecule has 0 unspecified atom stereocenters. The predicted octanol–water partition coefficient (Wildman–Crippen LogP) is 3.10. The van der Waals surface area contributed by atoms with Gasteiger partial charge in [-0.2, -0.15) is 0 Å². The third kappa shape index (κ3) is 5.71. The summed E-state index contributed by atoms with van der Waals surface area (Å²) >= 11 is 11.7. The third-order valence-corrected chi connectivity index (χ3v) is 5.25. The molecular weight excluding hydrogens is 413 g/mol. The SMILES string of the molecule is O=C(NCCC(=O)N1CCN(C(=O)c2ccc(Cl)cc2)CC1)c1ccc(Cl)cc1. The quantitative estimate of drug-likeness (QED) is 0.787. The van der Waals surface area contributed by atoms with Crippen molar-refractivity contribution >= 4 is 40.9 Å². The van der Waals surface area contributed by atoms with Crippen molar-refractivity contribution in [3.63, 3.8) is 0 Å². The summed E-state index contributed by atoms with van der Waals surface area (Å²) in [6, 6.07) is 13.3. The van der Waals surface area contributed by atoms with Gasteiger partial charge in [0.2, 0.25) is 5.91 Å². The van der Waals surface area contributed by atoms with Crippen LogP contribution in [0.5, 0.6) is 0 Å². The molecule has 1 aliphatic rings. The Labute approximate surface area is 179 Å². The molecule has 1 saturated heterocycles. The molecular formula is C21H21Cl2N3O3. The number of halogens is 2. The van der Waals surface area contributed by atoms with Gasteiger partial charge in [-0.25, -0.2) is 0 Å². The monoisotopic (exact) mass is 433 g/mol. The van der Waals surface area contributed by atoms with Gasteiger partial charge >= 0.3 is 0 Å². The van der Waals surface area contributed by atoms with Crippen LogP contribution in [0.15, 0.2) is 48.5 Å². The van der Waals surface area contributed by atoms with E-state index in [4.69, 9.17) is 23.2 Å². The molecule has 1 aliphatic heterocycles. The minimum absolute atomic E-state index is 0.0417. The van der Waals surface area contributed by atoms with Gasteiger partial charge in [-0.15, -0.1) is 0 Å². The molecule has 0 saturated carbocycles. The largest absolute Gasteiger partial charge is 0.352 e. The maximum absolute atomic E-state index is 12.5. The van der Waals surface area contributed by atoms with Crippen molar-refractivity contribution in [3.8, 4) is 0 Å². The van der Waals surface area contributed by atoms with Gasteiger partial charge in [0.25, 0.3) is 11.8 Å². The molecule has 3 rings (SSSR count). The van der Waals surface area contributed by atoms with Gasteiger partial charge in [0, 0.05) is 60.3 Å². The van der Waals surface area contributed by atoms with E-state index in [1.165, 1.54) is 0 Å². The summed E-state index contributed by atoms with van der Waals surface area (Å²) in [5, 5.41) is 3.88. The number of nitrogens with zero attached hydrogens (tertiary/aromatic N) is 2. The summed E-state index contributed by atoms with van der Waals surface area (Å²) in [7, 11) is 0. The standard InChI is InChI=1S/C21H21Cl2N3O3/c22-17-5-1-15(2-6-17)20(28)24-10-9-19(27)25-11-13-26(14-12-25)21(29)16-3-7-18(23)8-4-16/h1-8H,9-14H2,(H,24,28). The molecule has 0 aromatic heterocycles. The normalized spacial score (nSPS) is 13.9. The number of nitrogens with one attached hydrogen (secondary N) is 1. The topological polar surface area (TPSA) is 69.7 Å². The molecule has 1 N–H and O–H groups in total. The van der Waals surface area contributed by atoms with E-state index in [0.717, 1.165) is 0 Å². The first-order chi connectivity index (χ1) is 13.9. The van der Waals surface area contributed by atoms with Gasteiger partial charge in [0.1, 0.15) is 0 Å². The second-order valence-corrected chi connectivity index (χ2v) is 7.57. The maximum Gasteiger partial charge on any atom is 0.253 e. The highest BCUT2D eigenvalue weighted by Gasteiger charge is 2.24. The van der Waals surface area contributed by atoms with Crippen LogP contribution in [-0.2, 0) is 4.79 Å². The van der Waals surface area contributed by atoms with E-state index in [2.05, 4.69) is 5.32 Å². The molecule has 2 aromatic rings. The van der Waals surface area contributed by atoms with Crippen LogP contribution in [-0.4, -0.2) is 60.2 Å². The van der Waals surface area contributed by atoms with Crippen molar-refractivity contribution in [1.29, 1.82) is 0 Å². The van der Waals surface area contributed by atoms with Gasteiger partial charge in [-0.1, -0.05) is 23.2 Å². The third-order valence-electron chi connectivity index (χ3n) is 4.74. The summed E-state index contributed by atoms with van der Waals surface area (Å²) in [5.74, 6) is -0.350. The summed E-state index contributed by atoms with van der Waals surface area (Å²) < 4.78 is 0. The van der Waals surface area contributed by atoms with Gasteiger partial charge in [-0.3, -0.25) is 14.4 Å². The van der Waals surface area contributed by atoms with Crippen molar-refractivity contribution in [2.24, 2.45) is 0 Å². The molecule has 1 heterocycles. The molecule has 8 heteroatoms. The number of carbonyl (C=O) groups is 3. The van der Waals surface area contributed by atoms with E-state index in [1.54, 1.807) is 58.3 Å². The number of hydrogen-bond donors (Lipinski definition) is 1. The molecule has 3 amide bonds. The van der Waals surface area contributed by atoms with Crippen LogP contribution in [0.25, 0.3) is 0 Å². The highest BCUT2D eigenvalue weighted by Crippen LogP contribution is 2.13. The molecule has 0 aliphatic carbocycles. The molecule has 0 atom stereocenters. The summed E-state index contributed by atoms with van der Waals surface area (Å²) in [6.45, 7) is 2.16. The van der Waals surface area contributed by atoms with Crippen molar-refractivity contribution in [3.05, 3.63) is 69.7 Å². The first-order valence-electron chi connectivity index (χ1n) is 9.30. The Morgan fingerprint density at radius 3 is 1.79 bits per heavy atom. The van der Waals surface area contributed by atoms with Crippen LogP contribution in [0.4, 0.5) is 0 Å². The number of benzene rings is 2. The van der Waals surface area contributed by atoms with Gasteiger partial charge in [0.15, 0.2) is 0 Å². The lowest BCUT2D eigenvalue weighted by Gasteiger charge is -2.35. The van der Waals surface area contributed by atoms with Crippen LogP contribution >= 0.6 is 23.2 Å². The summed E-state index contributed by atoms with van der Waals surface area (Å²) in [6.07, 6.45) is 0.213. The summed E-state index contributed by atoms with van der Waals surface area (Å²) in [5.41, 5.74) is 1.08. The maximum atomic E-state index is 12.5. The van der Waals surface area contributed by atoms with Crippen LogP contribution in [0.1, 0.15) is 27.1 Å². The molecule has 2 aromatic carbocycles. The average Bonchev–Trinajstić information content (AvgIpc) is 2.74. The van der Waals surface area contributed by atoms with Gasteiger partial charge in [-0.05, 0) is 48.5 Å². The minimum Gasteiger partial charge on any atom is -0.352 e. The van der Waals surface area contributed by atoms with E-state index < -0.39 is 0 Å². The van der Waals surface area contributed by atoms with Crippen molar-refractivity contribution in [2.75, 3.05) is 32.7 Å². The van der Waals surface area contributed by atoms with Crippen molar-refractivity contribution < 1.29 is 14.4 Å². The molecule has 1 fully saturated rings. The molecule has 6 nitrogen and oxygen atoms in total. The molecule has 0 bridgehead atoms. The van der Waals surface area contributed by atoms with Crippen LogP contribution in [0, 0.1) is 0 Å². The first kappa shape index (κ1) is 21.1. The van der Waals surface area contributed by atoms with E-state index in [0.29, 0.717) is 47.4 Å². The van der Waals surface area contributed by atoms with Crippen LogP contribution in [0.2, 0.25) is 10.0 Å². The number of piperazine rings is 1. The fourth-order valence-corrected chi connectivity index (χ4v) is 3.33. The van der Waals surface area contributed by atoms with E-state index in [9.17, 15) is 14.4 Å². The van der Waals surface area contributed by atoms with Gasteiger partial charge < -0.3 is 15.1 Å². The molecule has 152 valence electrons. The fraction of sp³-hybridized carbons (Fsp3) is 0.286. The minimum atomic E-state index is -0.243. The lowest BCUT2D eigenvalue weighted by molar-refractivity contribution is -0.132. The Morgan fingerprint density at radius 2 is 1.24 bits per heavy atom. The van der Waals surface area contributed by atoms with E-state index in [-0.39, 0.29) is 30.7 Å². The zero-order valence-corrected chi connectivity index (χ0v) is 17.2. The fourth-order valence-electron chi connectivity index (χ4n) is 3.08.